The summed E-state index contributed by atoms with van der Waals surface area (Å²) in [6.07, 6.45) is 3.18. The summed E-state index contributed by atoms with van der Waals surface area (Å²) in [4.78, 5) is 0. The number of aliphatic hydroxyl groups is 1. The lowest BCUT2D eigenvalue weighted by atomic mass is 10.2. The van der Waals surface area contributed by atoms with Gasteiger partial charge < -0.3 is 85.6 Å². The van der Waals surface area contributed by atoms with Crippen molar-refractivity contribution in [1.82, 2.24) is 0 Å². The summed E-state index contributed by atoms with van der Waals surface area (Å²) >= 11 is 0. The second-order valence-corrected chi connectivity index (χ2v) is 11.6. The van der Waals surface area contributed by atoms with E-state index >= 15 is 0 Å². The van der Waals surface area contributed by atoms with E-state index in [2.05, 4.69) is 0 Å². The molecule has 0 spiro atoms. The van der Waals surface area contributed by atoms with Crippen molar-refractivity contribution in [2.45, 2.75) is 25.6 Å². The monoisotopic (exact) mass is 806 g/mol. The van der Waals surface area contributed by atoms with Crippen LogP contribution in [0.3, 0.4) is 0 Å². The van der Waals surface area contributed by atoms with Crippen LogP contribution in [0.2, 0.25) is 0 Å². The van der Waals surface area contributed by atoms with Crippen molar-refractivity contribution in [2.75, 3.05) is 218 Å². The molecule has 1 aliphatic heterocycles. The Labute approximate surface area is 329 Å². The van der Waals surface area contributed by atoms with E-state index in [-0.39, 0.29) is 12.9 Å². The molecule has 1 saturated heterocycles. The molecule has 0 aliphatic carbocycles. The van der Waals surface area contributed by atoms with Crippen LogP contribution in [0.25, 0.3) is 0 Å². The van der Waals surface area contributed by atoms with Crippen LogP contribution in [0, 0.1) is 0 Å². The van der Waals surface area contributed by atoms with Crippen LogP contribution >= 0.6 is 0 Å². The fourth-order valence-corrected chi connectivity index (χ4v) is 4.33. The average Bonchev–Trinajstić information content (AvgIpc) is 3.21. The largest absolute Gasteiger partial charge is 0.394 e. The van der Waals surface area contributed by atoms with Gasteiger partial charge >= 0.3 is 0 Å². The maximum absolute atomic E-state index is 8.59. The number of hydrogen-bond donors (Lipinski definition) is 1. The maximum atomic E-state index is 8.59. The first-order valence-electron chi connectivity index (χ1n) is 19.9. The minimum Gasteiger partial charge on any atom is -0.394 e. The molecular formula is C37H74O18. The summed E-state index contributed by atoms with van der Waals surface area (Å²) in [6, 6.07) is 0. The van der Waals surface area contributed by atoms with Gasteiger partial charge in [-0.1, -0.05) is 0 Å². The van der Waals surface area contributed by atoms with E-state index in [0.717, 1.165) is 25.9 Å². The molecule has 0 aromatic heterocycles. The summed E-state index contributed by atoms with van der Waals surface area (Å²) in [5.74, 6) is 0. The molecule has 0 bridgehead atoms. The zero-order chi connectivity index (χ0) is 39.1. The molecule has 18 heteroatoms. The van der Waals surface area contributed by atoms with Gasteiger partial charge in [0.25, 0.3) is 0 Å². The van der Waals surface area contributed by atoms with Gasteiger partial charge in [-0.2, -0.15) is 0 Å². The zero-order valence-corrected chi connectivity index (χ0v) is 33.4. The van der Waals surface area contributed by atoms with Crippen molar-refractivity contribution in [1.29, 1.82) is 0 Å². The van der Waals surface area contributed by atoms with Crippen molar-refractivity contribution >= 4 is 0 Å². The van der Waals surface area contributed by atoms with Crippen LogP contribution in [0.4, 0.5) is 0 Å². The third-order valence-corrected chi connectivity index (χ3v) is 7.11. The normalized spacial score (nSPS) is 14.7. The van der Waals surface area contributed by atoms with E-state index in [1.807, 2.05) is 0 Å². The third kappa shape index (κ3) is 44.2. The summed E-state index contributed by atoms with van der Waals surface area (Å²) in [5.41, 5.74) is 0. The highest BCUT2D eigenvalue weighted by Crippen LogP contribution is 2.13. The van der Waals surface area contributed by atoms with Crippen molar-refractivity contribution < 1.29 is 85.6 Å². The molecule has 0 aromatic carbocycles. The van der Waals surface area contributed by atoms with Gasteiger partial charge in [0.15, 0.2) is 6.29 Å². The van der Waals surface area contributed by atoms with Crippen LogP contribution < -0.4 is 0 Å². The van der Waals surface area contributed by atoms with Gasteiger partial charge in [0.05, 0.1) is 211 Å². The first-order chi connectivity index (χ1) is 27.4. The van der Waals surface area contributed by atoms with E-state index in [4.69, 9.17) is 85.6 Å². The van der Waals surface area contributed by atoms with Gasteiger partial charge in [0.2, 0.25) is 0 Å². The van der Waals surface area contributed by atoms with Gasteiger partial charge in [-0.15, -0.1) is 0 Å². The predicted molar refractivity (Wildman–Crippen MR) is 199 cm³/mol. The number of aliphatic hydroxyl groups excluding tert-OH is 1. The summed E-state index contributed by atoms with van der Waals surface area (Å²) in [7, 11) is 0. The fourth-order valence-electron chi connectivity index (χ4n) is 4.33. The third-order valence-electron chi connectivity index (χ3n) is 7.11. The fraction of sp³-hybridized carbons (Fsp3) is 1.00. The Hall–Kier alpha value is -0.720. The van der Waals surface area contributed by atoms with Crippen LogP contribution in [0.5, 0.6) is 0 Å². The highest BCUT2D eigenvalue weighted by molar-refractivity contribution is 4.53. The quantitative estimate of drug-likeness (QED) is 0.0853. The minimum atomic E-state index is -0.0706. The van der Waals surface area contributed by atoms with Crippen molar-refractivity contribution in [3.8, 4) is 0 Å². The Morgan fingerprint density at radius 3 is 0.709 bits per heavy atom. The molecule has 1 aliphatic rings. The van der Waals surface area contributed by atoms with Gasteiger partial charge in [-0.05, 0) is 19.3 Å². The van der Waals surface area contributed by atoms with E-state index in [1.54, 1.807) is 0 Å². The molecule has 1 unspecified atom stereocenters. The lowest BCUT2D eigenvalue weighted by molar-refractivity contribution is -0.169. The average molecular weight is 807 g/mol. The summed E-state index contributed by atoms with van der Waals surface area (Å²) < 4.78 is 92.8. The number of rotatable bonds is 48. The Morgan fingerprint density at radius 1 is 0.291 bits per heavy atom. The highest BCUT2D eigenvalue weighted by atomic mass is 16.7. The molecule has 1 heterocycles. The molecule has 0 aromatic rings. The molecule has 1 atom stereocenters. The van der Waals surface area contributed by atoms with E-state index in [1.165, 1.54) is 0 Å². The van der Waals surface area contributed by atoms with Gasteiger partial charge in [0, 0.05) is 6.61 Å². The Kier molecular flexibility index (Phi) is 45.3. The predicted octanol–water partition coefficient (Wildman–Crippen LogP) is 0.771. The first kappa shape index (κ1) is 52.3. The van der Waals surface area contributed by atoms with Crippen molar-refractivity contribution in [2.24, 2.45) is 0 Å². The molecule has 1 fully saturated rings. The Morgan fingerprint density at radius 2 is 0.509 bits per heavy atom. The molecule has 55 heavy (non-hydrogen) atoms. The van der Waals surface area contributed by atoms with Gasteiger partial charge in [-0.25, -0.2) is 0 Å². The minimum absolute atomic E-state index is 0.0222. The smallest absolute Gasteiger partial charge is 0.157 e. The molecule has 0 saturated carbocycles. The SMILES string of the molecule is OCCOCCOCCOCCOCCOCCOCCOCCOCCOCCOCCOCCOCCOCCOCCOCCOC1CCCCO1. The van der Waals surface area contributed by atoms with Crippen molar-refractivity contribution in [3.05, 3.63) is 0 Å². The molecule has 18 nitrogen and oxygen atoms in total. The van der Waals surface area contributed by atoms with Gasteiger partial charge in [-0.3, -0.25) is 0 Å². The van der Waals surface area contributed by atoms with Crippen LogP contribution in [-0.2, 0) is 80.5 Å². The standard InChI is InChI=1S/C37H74O18/c38-4-6-39-7-8-40-9-10-41-11-12-42-13-14-43-15-16-44-17-18-45-19-20-46-21-22-47-23-24-48-25-26-49-27-28-50-29-30-51-31-32-52-33-34-53-35-36-55-37-3-1-2-5-54-37/h37-38H,1-36H2. The first-order valence-corrected chi connectivity index (χ1v) is 19.9. The van der Waals surface area contributed by atoms with Crippen LogP contribution in [0.1, 0.15) is 19.3 Å². The van der Waals surface area contributed by atoms with E-state index in [9.17, 15) is 0 Å². The lowest BCUT2D eigenvalue weighted by Gasteiger charge is -2.22. The molecule has 0 radical (unpaired) electrons. The van der Waals surface area contributed by atoms with Crippen LogP contribution in [-0.4, -0.2) is 229 Å². The Balaban J connectivity index is 1.59. The molecule has 330 valence electrons. The van der Waals surface area contributed by atoms with Gasteiger partial charge in [0.1, 0.15) is 0 Å². The number of ether oxygens (including phenoxy) is 17. The zero-order valence-electron chi connectivity index (χ0n) is 33.4. The summed E-state index contributed by atoms with van der Waals surface area (Å²) in [6.45, 7) is 16.3. The summed E-state index contributed by atoms with van der Waals surface area (Å²) in [5, 5.41) is 8.59. The second-order valence-electron chi connectivity index (χ2n) is 11.6. The molecule has 0 amide bonds. The van der Waals surface area contributed by atoms with Crippen LogP contribution in [0.15, 0.2) is 0 Å². The molecular weight excluding hydrogens is 732 g/mol. The number of hydrogen-bond acceptors (Lipinski definition) is 18. The second kappa shape index (κ2) is 47.7. The molecule has 1 N–H and O–H groups in total. The van der Waals surface area contributed by atoms with E-state index < -0.39 is 0 Å². The highest BCUT2D eigenvalue weighted by Gasteiger charge is 2.13. The van der Waals surface area contributed by atoms with Crippen molar-refractivity contribution in [3.63, 3.8) is 0 Å². The maximum Gasteiger partial charge on any atom is 0.157 e. The van der Waals surface area contributed by atoms with E-state index in [0.29, 0.717) is 205 Å². The lowest BCUT2D eigenvalue weighted by Crippen LogP contribution is -2.24. The molecule has 1 rings (SSSR count). The Bertz CT molecular complexity index is 695. The topological polar surface area (TPSA) is 177 Å².